The molecule has 5 heterocycles. The number of morpholine rings is 1. The molecule has 0 saturated carbocycles. The molecule has 19 nitrogen and oxygen atoms in total. The summed E-state index contributed by atoms with van der Waals surface area (Å²) in [7, 11) is 1.20. The van der Waals surface area contributed by atoms with Gasteiger partial charge in [0, 0.05) is 43.9 Å². The van der Waals surface area contributed by atoms with Gasteiger partial charge in [-0.2, -0.15) is 0 Å². The van der Waals surface area contributed by atoms with Crippen LogP contribution in [0.15, 0.2) is 121 Å². The van der Waals surface area contributed by atoms with E-state index in [9.17, 15) is 14.7 Å². The number of rotatable bonds is 13. The van der Waals surface area contributed by atoms with Crippen LogP contribution in [0.2, 0.25) is 0 Å². The highest BCUT2D eigenvalue weighted by molar-refractivity contribution is 6.25. The molecule has 5 aromatic rings. The largest absolute Gasteiger partial charge is 0.491 e. The summed E-state index contributed by atoms with van der Waals surface area (Å²) in [5, 5.41) is 15.4. The molecule has 3 fully saturated rings. The summed E-state index contributed by atoms with van der Waals surface area (Å²) >= 11 is 0. The number of imide groups is 1. The fourth-order valence-corrected chi connectivity index (χ4v) is 11.6. The maximum absolute atomic E-state index is 16.9. The van der Waals surface area contributed by atoms with Crippen LogP contribution >= 0.6 is 0 Å². The first-order valence-corrected chi connectivity index (χ1v) is 25.5. The van der Waals surface area contributed by atoms with E-state index in [-0.39, 0.29) is 56.6 Å². The minimum Gasteiger partial charge on any atom is -0.491 e. The number of hydrogen-bond acceptors (Lipinski definition) is 14. The summed E-state index contributed by atoms with van der Waals surface area (Å²) in [6, 6.07) is 29.4. The third-order valence-electron chi connectivity index (χ3n) is 15.0. The molecule has 5 aliphatic heterocycles. The Morgan fingerprint density at radius 2 is 1.55 bits per heavy atom. The number of ether oxygens (including phenoxy) is 5. The van der Waals surface area contributed by atoms with Crippen molar-refractivity contribution in [3.8, 4) is 29.1 Å². The molecule has 3 saturated heterocycles. The van der Waals surface area contributed by atoms with E-state index < -0.39 is 83.3 Å². The number of amides is 6. The molecule has 7 atom stereocenters. The van der Waals surface area contributed by atoms with E-state index in [2.05, 4.69) is 27.4 Å². The Labute approximate surface area is 445 Å². The van der Waals surface area contributed by atoms with Crippen molar-refractivity contribution in [1.29, 1.82) is 0 Å². The van der Waals surface area contributed by atoms with Gasteiger partial charge in [0.15, 0.2) is 11.5 Å². The molecule has 10 rings (SSSR count). The third kappa shape index (κ3) is 9.64. The van der Waals surface area contributed by atoms with Gasteiger partial charge in [0.25, 0.3) is 0 Å². The zero-order chi connectivity index (χ0) is 54.0. The number of para-hydroxylation sites is 1. The van der Waals surface area contributed by atoms with E-state index in [1.807, 2.05) is 83.8 Å². The Kier molecular flexibility index (Phi) is 14.9. The van der Waals surface area contributed by atoms with Crippen LogP contribution in [-0.4, -0.2) is 128 Å². The van der Waals surface area contributed by atoms with E-state index in [0.717, 1.165) is 10.5 Å². The number of primary amides is 1. The van der Waals surface area contributed by atoms with Gasteiger partial charge >= 0.3 is 24.0 Å². The summed E-state index contributed by atoms with van der Waals surface area (Å²) in [6.45, 7) is 4.71. The lowest BCUT2D eigenvalue weighted by atomic mass is 9.64. The van der Waals surface area contributed by atoms with Crippen LogP contribution in [0.4, 0.5) is 15.3 Å². The molecule has 6 amide bonds. The number of carbonyl (C=O) groups is 6. The SMILES string of the molecule is COC(=O)[C@@H](NC(=O)N1C(=O)[C@@]2(c3cc(C#CCNC(N)=O)ccc31)[C@H](c1ccccc1OCCO)N1[C@H](c3ccccc3)[C@H](c3ccccc3)OC(=O)[C@H]1[C@@H]2C(=O)N1CCN(Cc2ccc3c(c2)OCO3)CC1)C(C)C. The van der Waals surface area contributed by atoms with Crippen LogP contribution in [0, 0.1) is 23.7 Å². The Morgan fingerprint density at radius 3 is 2.25 bits per heavy atom. The molecule has 19 heteroatoms. The van der Waals surface area contributed by atoms with Crippen LogP contribution in [0.25, 0.3) is 0 Å². The molecule has 5 aromatic carbocycles. The van der Waals surface area contributed by atoms with Gasteiger partial charge in [-0.25, -0.2) is 19.3 Å². The number of methoxy groups -OCH3 is 1. The Bertz CT molecular complexity index is 3140. The molecule has 0 radical (unpaired) electrons. The second kappa shape index (κ2) is 22.0. The summed E-state index contributed by atoms with van der Waals surface area (Å²) in [6.07, 6.45) is -1.00. The van der Waals surface area contributed by atoms with Crippen molar-refractivity contribution in [2.45, 2.75) is 56.1 Å². The first-order valence-electron chi connectivity index (χ1n) is 25.5. The molecule has 0 bridgehead atoms. The monoisotopic (exact) mass is 1050 g/mol. The summed E-state index contributed by atoms with van der Waals surface area (Å²) in [4.78, 5) is 96.2. The molecule has 0 aliphatic carbocycles. The fourth-order valence-electron chi connectivity index (χ4n) is 11.6. The van der Waals surface area contributed by atoms with Gasteiger partial charge in [-0.05, 0) is 64.6 Å². The zero-order valence-corrected chi connectivity index (χ0v) is 42.8. The molecular weight excluding hydrogens is 987 g/mol. The Hall–Kier alpha value is -8.44. The van der Waals surface area contributed by atoms with Crippen LogP contribution in [0.5, 0.6) is 17.2 Å². The van der Waals surface area contributed by atoms with Gasteiger partial charge < -0.3 is 50.1 Å². The van der Waals surface area contributed by atoms with Crippen molar-refractivity contribution in [3.63, 3.8) is 0 Å². The minimum absolute atomic E-state index is 0.0647. The first-order chi connectivity index (χ1) is 37.3. The maximum atomic E-state index is 16.9. The third-order valence-corrected chi connectivity index (χ3v) is 15.0. The Balaban J connectivity index is 1.21. The van der Waals surface area contributed by atoms with Crippen molar-refractivity contribution in [3.05, 3.63) is 155 Å². The quantitative estimate of drug-likeness (QED) is 0.0924. The highest BCUT2D eigenvalue weighted by atomic mass is 16.7. The molecular formula is C58H59N7O12. The van der Waals surface area contributed by atoms with E-state index in [1.165, 1.54) is 7.11 Å². The van der Waals surface area contributed by atoms with Crippen molar-refractivity contribution >= 4 is 41.5 Å². The number of esters is 2. The number of nitrogens with two attached hydrogens (primary N) is 1. The van der Waals surface area contributed by atoms with Gasteiger partial charge in [-0.15, -0.1) is 0 Å². The molecule has 0 aromatic heterocycles. The average molecular weight is 1050 g/mol. The molecule has 0 unspecified atom stereocenters. The van der Waals surface area contributed by atoms with Crippen molar-refractivity contribution < 1.29 is 57.6 Å². The molecule has 398 valence electrons. The van der Waals surface area contributed by atoms with Crippen LogP contribution < -0.4 is 35.5 Å². The number of benzene rings is 5. The molecule has 5 aliphatic rings. The second-order valence-electron chi connectivity index (χ2n) is 19.8. The van der Waals surface area contributed by atoms with Crippen LogP contribution in [0.3, 0.4) is 0 Å². The number of urea groups is 2. The van der Waals surface area contributed by atoms with Gasteiger partial charge in [-0.1, -0.05) is 111 Å². The highest BCUT2D eigenvalue weighted by Crippen LogP contribution is 2.67. The summed E-state index contributed by atoms with van der Waals surface area (Å²) in [5.41, 5.74) is 6.44. The van der Waals surface area contributed by atoms with Gasteiger partial charge in [-0.3, -0.25) is 24.2 Å². The van der Waals surface area contributed by atoms with E-state index in [4.69, 9.17) is 29.4 Å². The molecule has 5 N–H and O–H groups in total. The topological polar surface area (TPSA) is 232 Å². The molecule has 77 heavy (non-hydrogen) atoms. The minimum atomic E-state index is -2.20. The Morgan fingerprint density at radius 1 is 0.844 bits per heavy atom. The standard InChI is InChI=1S/C58H59N7O12/c1-35(2)47(53(68)73-3)61-57(72)64-42-22-20-36(13-12-24-60-56(59)71)31-41(42)58(55(64)70)46(52(67)63-27-25-62(26-28-63)33-37-21-23-44-45(32-37)76-34-75-44)49-54(69)77-50(39-16-8-5-9-17-39)48(38-14-6-4-7-15-38)65(49)51(58)40-18-10-11-19-43(40)74-30-29-66/h4-11,14-23,31-32,35,46-51,66H,24-30,33-34H2,1-3H3,(H,61,72)(H3,59,60,71)/t46-,47+,48-,49-,50+,51+,58-/m1/s1. The van der Waals surface area contributed by atoms with Gasteiger partial charge in [0.2, 0.25) is 18.6 Å². The number of carbonyl (C=O) groups excluding carboxylic acids is 6. The number of nitrogens with zero attached hydrogens (tertiary/aromatic N) is 4. The van der Waals surface area contributed by atoms with Gasteiger partial charge in [0.1, 0.15) is 36.0 Å². The predicted molar refractivity (Wildman–Crippen MR) is 279 cm³/mol. The van der Waals surface area contributed by atoms with Crippen molar-refractivity contribution in [2.75, 3.05) is 64.7 Å². The second-order valence-corrected chi connectivity index (χ2v) is 19.8. The van der Waals surface area contributed by atoms with Crippen molar-refractivity contribution in [1.82, 2.24) is 25.3 Å². The number of aliphatic hydroxyl groups excluding tert-OH is 1. The lowest BCUT2D eigenvalue weighted by Crippen LogP contribution is -2.59. The summed E-state index contributed by atoms with van der Waals surface area (Å²) in [5.74, 6) is 2.46. The zero-order valence-electron chi connectivity index (χ0n) is 42.8. The highest BCUT2D eigenvalue weighted by Gasteiger charge is 2.76. The maximum Gasteiger partial charge on any atom is 0.329 e. The van der Waals surface area contributed by atoms with Crippen molar-refractivity contribution in [2.24, 2.45) is 17.6 Å². The lowest BCUT2D eigenvalue weighted by molar-refractivity contribution is -0.179. The van der Waals surface area contributed by atoms with E-state index in [1.54, 1.807) is 61.2 Å². The van der Waals surface area contributed by atoms with E-state index >= 15 is 19.2 Å². The number of nitrogens with one attached hydrogen (secondary N) is 2. The first kappa shape index (κ1) is 52.0. The number of anilines is 1. The van der Waals surface area contributed by atoms with E-state index in [0.29, 0.717) is 53.4 Å². The smallest absolute Gasteiger partial charge is 0.329 e. The lowest BCUT2D eigenvalue weighted by Gasteiger charge is -2.46. The van der Waals surface area contributed by atoms with Crippen LogP contribution in [-0.2, 0) is 40.6 Å². The number of piperazine rings is 1. The fraction of sp³-hybridized carbons (Fsp3) is 0.345. The van der Waals surface area contributed by atoms with Crippen LogP contribution in [0.1, 0.15) is 65.4 Å². The summed E-state index contributed by atoms with van der Waals surface area (Å²) < 4.78 is 29.3. The predicted octanol–water partition coefficient (Wildman–Crippen LogP) is 4.72. The number of aliphatic hydroxyl groups is 1. The normalized spacial score (nSPS) is 22.8. The van der Waals surface area contributed by atoms with Gasteiger partial charge in [0.05, 0.1) is 44.0 Å². The number of hydrogen-bond donors (Lipinski definition) is 4. The molecule has 1 spiro atoms. The average Bonchev–Trinajstić information content (AvgIpc) is 3.37. The number of fused-ring (bicyclic) bond motifs is 4. The number of cyclic esters (lactones) is 1.